The molecule has 0 saturated carbocycles. The number of benzene rings is 2. The fraction of sp³-hybridized carbons (Fsp3) is 0.158. The van der Waals surface area contributed by atoms with E-state index in [1.165, 1.54) is 36.6 Å². The van der Waals surface area contributed by atoms with E-state index in [-0.39, 0.29) is 16.2 Å². The molecule has 8 nitrogen and oxygen atoms in total. The molecule has 0 radical (unpaired) electrons. The molecule has 3 aromatic rings. The van der Waals surface area contributed by atoms with E-state index in [0.717, 1.165) is 5.56 Å². The maximum atomic E-state index is 12.7. The van der Waals surface area contributed by atoms with E-state index in [4.69, 9.17) is 14.6 Å². The van der Waals surface area contributed by atoms with Crippen LogP contribution in [0.15, 0.2) is 52.7 Å². The highest BCUT2D eigenvalue weighted by molar-refractivity contribution is 7.89. The summed E-state index contributed by atoms with van der Waals surface area (Å²) in [6, 6.07) is 11.3. The highest BCUT2D eigenvalue weighted by atomic mass is 32.2. The highest BCUT2D eigenvalue weighted by Crippen LogP contribution is 2.32. The molecular formula is C19H19N3O5S2. The van der Waals surface area contributed by atoms with Gasteiger partial charge in [0, 0.05) is 10.9 Å². The van der Waals surface area contributed by atoms with Crippen molar-refractivity contribution >= 4 is 32.4 Å². The van der Waals surface area contributed by atoms with Gasteiger partial charge >= 0.3 is 0 Å². The van der Waals surface area contributed by atoms with Gasteiger partial charge in [-0.25, -0.2) is 18.5 Å². The molecule has 10 heteroatoms. The van der Waals surface area contributed by atoms with Crippen molar-refractivity contribution in [3.63, 3.8) is 0 Å². The number of nitrogens with zero attached hydrogens (tertiary/aromatic N) is 1. The number of sulfonamides is 1. The van der Waals surface area contributed by atoms with Crippen LogP contribution in [0.1, 0.15) is 17.3 Å². The molecule has 0 unspecified atom stereocenters. The molecule has 0 aliphatic rings. The Morgan fingerprint density at radius 1 is 1.21 bits per heavy atom. The lowest BCUT2D eigenvalue weighted by Gasteiger charge is -2.09. The van der Waals surface area contributed by atoms with Crippen LogP contribution >= 0.6 is 11.3 Å². The third-order valence-corrected chi connectivity index (χ3v) is 5.60. The first-order chi connectivity index (χ1) is 13.8. The van der Waals surface area contributed by atoms with Gasteiger partial charge in [0.25, 0.3) is 5.91 Å². The summed E-state index contributed by atoms with van der Waals surface area (Å²) in [5.41, 5.74) is 1.49. The summed E-state index contributed by atoms with van der Waals surface area (Å²) >= 11 is 1.24. The number of ether oxygens (including phenoxy) is 2. The van der Waals surface area contributed by atoms with Crippen LogP contribution < -0.4 is 19.9 Å². The molecule has 3 rings (SSSR count). The molecule has 0 spiro atoms. The molecule has 152 valence electrons. The lowest BCUT2D eigenvalue weighted by molar-refractivity contribution is 0.102. The van der Waals surface area contributed by atoms with Crippen LogP contribution in [0.3, 0.4) is 0 Å². The van der Waals surface area contributed by atoms with Crippen molar-refractivity contribution in [2.24, 2.45) is 5.14 Å². The zero-order chi connectivity index (χ0) is 21.0. The van der Waals surface area contributed by atoms with Crippen LogP contribution in [0.25, 0.3) is 11.3 Å². The molecule has 0 bridgehead atoms. The fourth-order valence-corrected chi connectivity index (χ4v) is 3.87. The van der Waals surface area contributed by atoms with Crippen molar-refractivity contribution in [3.8, 4) is 22.8 Å². The first-order valence-electron chi connectivity index (χ1n) is 8.53. The zero-order valence-corrected chi connectivity index (χ0v) is 17.3. The van der Waals surface area contributed by atoms with E-state index < -0.39 is 15.9 Å². The Hall–Kier alpha value is -2.95. The largest absolute Gasteiger partial charge is 0.496 e. The summed E-state index contributed by atoms with van der Waals surface area (Å²) in [7, 11) is -2.58. The van der Waals surface area contributed by atoms with Gasteiger partial charge in [0.05, 0.1) is 29.9 Å². The maximum absolute atomic E-state index is 12.7. The predicted molar refractivity (Wildman–Crippen MR) is 111 cm³/mol. The van der Waals surface area contributed by atoms with E-state index in [9.17, 15) is 13.2 Å². The second-order valence-corrected chi connectivity index (χ2v) is 8.25. The number of hydrogen-bond donors (Lipinski definition) is 2. The van der Waals surface area contributed by atoms with E-state index in [1.807, 2.05) is 31.2 Å². The van der Waals surface area contributed by atoms with E-state index in [1.54, 1.807) is 5.38 Å². The van der Waals surface area contributed by atoms with Crippen LogP contribution in [-0.2, 0) is 10.0 Å². The van der Waals surface area contributed by atoms with Crippen LogP contribution in [-0.4, -0.2) is 33.0 Å². The van der Waals surface area contributed by atoms with E-state index in [2.05, 4.69) is 10.3 Å². The standard InChI is InChI=1S/C19H19N3O5S2/c1-3-27-17-7-5-4-6-13(17)15-11-28-19(21-15)22-18(23)14-10-12(29(20,24)25)8-9-16(14)26-2/h4-11H,3H2,1-2H3,(H2,20,24,25)(H,21,22,23). The van der Waals surface area contributed by atoms with Crippen molar-refractivity contribution in [2.75, 3.05) is 19.0 Å². The van der Waals surface area contributed by atoms with Crippen LogP contribution in [0, 0.1) is 0 Å². The lowest BCUT2D eigenvalue weighted by Crippen LogP contribution is -2.16. The van der Waals surface area contributed by atoms with E-state index >= 15 is 0 Å². The summed E-state index contributed by atoms with van der Waals surface area (Å²) in [4.78, 5) is 17.0. The average Bonchev–Trinajstić information content (AvgIpc) is 3.15. The molecule has 0 saturated heterocycles. The zero-order valence-electron chi connectivity index (χ0n) is 15.7. The van der Waals surface area contributed by atoms with Crippen LogP contribution in [0.4, 0.5) is 5.13 Å². The van der Waals surface area contributed by atoms with Crippen molar-refractivity contribution in [3.05, 3.63) is 53.4 Å². The van der Waals surface area contributed by atoms with Gasteiger partial charge in [-0.05, 0) is 37.3 Å². The third kappa shape index (κ3) is 4.73. The summed E-state index contributed by atoms with van der Waals surface area (Å²) in [6.07, 6.45) is 0. The number of carbonyl (C=O) groups is 1. The molecule has 3 N–H and O–H groups in total. The molecule has 0 aliphatic carbocycles. The first-order valence-corrected chi connectivity index (χ1v) is 11.0. The number of carbonyl (C=O) groups excluding carboxylic acids is 1. The van der Waals surface area contributed by atoms with Crippen molar-refractivity contribution in [1.29, 1.82) is 0 Å². The lowest BCUT2D eigenvalue weighted by atomic mass is 10.1. The van der Waals surface area contributed by atoms with Crippen LogP contribution in [0.2, 0.25) is 0 Å². The molecule has 1 amide bonds. The number of amides is 1. The predicted octanol–water partition coefficient (Wildman–Crippen LogP) is 3.12. The molecule has 0 fully saturated rings. The van der Waals surface area contributed by atoms with Crippen molar-refractivity contribution < 1.29 is 22.7 Å². The van der Waals surface area contributed by atoms with E-state index in [0.29, 0.717) is 23.2 Å². The monoisotopic (exact) mass is 433 g/mol. The molecule has 0 aliphatic heterocycles. The molecule has 1 aromatic heterocycles. The Balaban J connectivity index is 1.88. The van der Waals surface area contributed by atoms with Gasteiger partial charge in [-0.15, -0.1) is 11.3 Å². The number of primary sulfonamides is 1. The van der Waals surface area contributed by atoms with Crippen molar-refractivity contribution in [1.82, 2.24) is 4.98 Å². The minimum atomic E-state index is -3.96. The van der Waals surface area contributed by atoms with Gasteiger partial charge in [0.1, 0.15) is 11.5 Å². The number of nitrogens with one attached hydrogen (secondary N) is 1. The Labute approximate surface area is 172 Å². The third-order valence-electron chi connectivity index (χ3n) is 3.93. The maximum Gasteiger partial charge on any atom is 0.261 e. The SMILES string of the molecule is CCOc1ccccc1-c1csc(NC(=O)c2cc(S(N)(=O)=O)ccc2OC)n1. The number of para-hydroxylation sites is 1. The number of rotatable bonds is 7. The average molecular weight is 434 g/mol. The molecular weight excluding hydrogens is 414 g/mol. The second-order valence-electron chi connectivity index (χ2n) is 5.83. The minimum absolute atomic E-state index is 0.0329. The fourth-order valence-electron chi connectivity index (χ4n) is 2.62. The van der Waals surface area contributed by atoms with Gasteiger partial charge in [0.15, 0.2) is 5.13 Å². The Morgan fingerprint density at radius 3 is 2.66 bits per heavy atom. The van der Waals surface area contributed by atoms with Gasteiger partial charge in [-0.1, -0.05) is 12.1 Å². The molecule has 1 heterocycles. The summed E-state index contributed by atoms with van der Waals surface area (Å²) in [6.45, 7) is 2.41. The number of aromatic nitrogens is 1. The Morgan fingerprint density at radius 2 is 1.97 bits per heavy atom. The van der Waals surface area contributed by atoms with Gasteiger partial charge in [0.2, 0.25) is 10.0 Å². The highest BCUT2D eigenvalue weighted by Gasteiger charge is 2.19. The first kappa shape index (κ1) is 20.8. The normalized spacial score (nSPS) is 11.1. The number of thiazole rings is 1. The number of anilines is 1. The number of nitrogens with two attached hydrogens (primary N) is 1. The summed E-state index contributed by atoms with van der Waals surface area (Å²) in [5, 5.41) is 9.96. The Kier molecular flexibility index (Phi) is 6.16. The Bertz CT molecular complexity index is 1140. The quantitative estimate of drug-likeness (QED) is 0.591. The number of methoxy groups -OCH3 is 1. The van der Waals surface area contributed by atoms with Gasteiger partial charge < -0.3 is 9.47 Å². The summed E-state index contributed by atoms with van der Waals surface area (Å²) in [5.74, 6) is 0.348. The number of hydrogen-bond acceptors (Lipinski definition) is 7. The van der Waals surface area contributed by atoms with Crippen molar-refractivity contribution in [2.45, 2.75) is 11.8 Å². The van der Waals surface area contributed by atoms with Gasteiger partial charge in [-0.3, -0.25) is 10.1 Å². The molecule has 29 heavy (non-hydrogen) atoms. The summed E-state index contributed by atoms with van der Waals surface area (Å²) < 4.78 is 34.0. The second kappa shape index (κ2) is 8.60. The van der Waals surface area contributed by atoms with Gasteiger partial charge in [-0.2, -0.15) is 0 Å². The smallest absolute Gasteiger partial charge is 0.261 e. The van der Waals surface area contributed by atoms with Crippen LogP contribution in [0.5, 0.6) is 11.5 Å². The molecule has 0 atom stereocenters. The topological polar surface area (TPSA) is 121 Å². The minimum Gasteiger partial charge on any atom is -0.496 e. The molecule has 2 aromatic carbocycles.